The average Bonchev–Trinajstić information content (AvgIpc) is 2.42. The number of benzene rings is 1. The Morgan fingerprint density at radius 2 is 1.85 bits per heavy atom. The van der Waals surface area contributed by atoms with E-state index in [1.54, 1.807) is 20.9 Å². The molecule has 0 aromatic heterocycles. The lowest BCUT2D eigenvalue weighted by molar-refractivity contribution is -0.168. The van der Waals surface area contributed by atoms with Crippen molar-refractivity contribution in [1.82, 2.24) is 5.32 Å². The Hall–Kier alpha value is -1.88. The monoisotopic (exact) mass is 279 g/mol. The van der Waals surface area contributed by atoms with Crippen LogP contribution in [0.5, 0.6) is 0 Å². The summed E-state index contributed by atoms with van der Waals surface area (Å²) in [5, 5.41) is 11.9. The molecule has 2 N–H and O–H groups in total. The third-order valence-electron chi connectivity index (χ3n) is 3.01. The molecule has 1 aromatic rings. The number of esters is 1. The van der Waals surface area contributed by atoms with E-state index in [2.05, 4.69) is 5.32 Å². The van der Waals surface area contributed by atoms with Crippen molar-refractivity contribution in [2.75, 3.05) is 7.05 Å². The Kier molecular flexibility index (Phi) is 6.18. The van der Waals surface area contributed by atoms with E-state index in [4.69, 9.17) is 9.84 Å². The molecule has 0 spiro atoms. The fourth-order valence-corrected chi connectivity index (χ4v) is 1.83. The molecule has 5 heteroatoms. The number of hydrogen-bond donors (Lipinski definition) is 2. The molecular weight excluding hydrogens is 258 g/mol. The van der Waals surface area contributed by atoms with Crippen LogP contribution < -0.4 is 5.32 Å². The van der Waals surface area contributed by atoms with Gasteiger partial charge in [-0.3, -0.25) is 4.79 Å². The van der Waals surface area contributed by atoms with Crippen molar-refractivity contribution in [2.45, 2.75) is 32.4 Å². The van der Waals surface area contributed by atoms with E-state index in [9.17, 15) is 9.59 Å². The first-order valence-electron chi connectivity index (χ1n) is 6.60. The zero-order valence-electron chi connectivity index (χ0n) is 12.0. The van der Waals surface area contributed by atoms with Gasteiger partial charge in [-0.25, -0.2) is 4.79 Å². The molecule has 20 heavy (non-hydrogen) atoms. The van der Waals surface area contributed by atoms with Gasteiger partial charge in [-0.1, -0.05) is 44.2 Å². The second-order valence-electron chi connectivity index (χ2n) is 4.97. The average molecular weight is 279 g/mol. The van der Waals surface area contributed by atoms with Crippen molar-refractivity contribution < 1.29 is 19.4 Å². The third-order valence-corrected chi connectivity index (χ3v) is 3.01. The van der Waals surface area contributed by atoms with Crippen molar-refractivity contribution in [1.29, 1.82) is 0 Å². The molecule has 0 saturated heterocycles. The van der Waals surface area contributed by atoms with Crippen molar-refractivity contribution >= 4 is 11.9 Å². The SMILES string of the molecule is CN[C@@H](Cc1ccccc1)C(=O)O[C@@H](C(=O)O)C(C)C. The summed E-state index contributed by atoms with van der Waals surface area (Å²) in [5.41, 5.74) is 0.986. The molecule has 1 aromatic carbocycles. The number of carboxylic acid groups (broad SMARTS) is 1. The predicted octanol–water partition coefficient (Wildman–Crippen LogP) is 1.47. The van der Waals surface area contributed by atoms with E-state index < -0.39 is 24.1 Å². The first-order valence-corrected chi connectivity index (χ1v) is 6.60. The Labute approximate surface area is 118 Å². The molecule has 0 aliphatic carbocycles. The molecule has 0 bridgehead atoms. The first kappa shape index (κ1) is 16.2. The fraction of sp³-hybridized carbons (Fsp3) is 0.467. The minimum absolute atomic E-state index is 0.273. The number of hydrogen-bond acceptors (Lipinski definition) is 4. The first-order chi connectivity index (χ1) is 9.45. The van der Waals surface area contributed by atoms with Crippen LogP contribution >= 0.6 is 0 Å². The molecule has 0 amide bonds. The Morgan fingerprint density at radius 1 is 1.25 bits per heavy atom. The van der Waals surface area contributed by atoms with Crippen LogP contribution in [0.2, 0.25) is 0 Å². The molecule has 0 heterocycles. The molecule has 0 saturated carbocycles. The van der Waals surface area contributed by atoms with Gasteiger partial charge in [-0.2, -0.15) is 0 Å². The van der Waals surface area contributed by atoms with Crippen LogP contribution in [0.4, 0.5) is 0 Å². The van der Waals surface area contributed by atoms with Gasteiger partial charge in [-0.15, -0.1) is 0 Å². The molecule has 0 unspecified atom stereocenters. The van der Waals surface area contributed by atoms with E-state index >= 15 is 0 Å². The normalized spacial score (nSPS) is 13.8. The van der Waals surface area contributed by atoms with E-state index in [0.717, 1.165) is 5.56 Å². The topological polar surface area (TPSA) is 75.6 Å². The summed E-state index contributed by atoms with van der Waals surface area (Å²) in [6, 6.07) is 8.94. The summed E-state index contributed by atoms with van der Waals surface area (Å²) >= 11 is 0. The number of aliphatic carboxylic acids is 1. The van der Waals surface area contributed by atoms with E-state index in [-0.39, 0.29) is 5.92 Å². The van der Waals surface area contributed by atoms with Gasteiger partial charge in [0.2, 0.25) is 6.10 Å². The molecule has 0 radical (unpaired) electrons. The maximum atomic E-state index is 12.0. The van der Waals surface area contributed by atoms with Gasteiger partial charge in [-0.05, 0) is 19.0 Å². The lowest BCUT2D eigenvalue weighted by atomic mass is 10.1. The maximum Gasteiger partial charge on any atom is 0.345 e. The summed E-state index contributed by atoms with van der Waals surface area (Å²) in [5.74, 6) is -1.94. The predicted molar refractivity (Wildman–Crippen MR) is 75.3 cm³/mol. The summed E-state index contributed by atoms with van der Waals surface area (Å²) in [6.07, 6.45) is -0.658. The van der Waals surface area contributed by atoms with Crippen LogP contribution in [0.15, 0.2) is 30.3 Å². The number of carboxylic acids is 1. The van der Waals surface area contributed by atoms with E-state index in [0.29, 0.717) is 6.42 Å². The van der Waals surface area contributed by atoms with Crippen LogP contribution in [0, 0.1) is 5.92 Å². The van der Waals surface area contributed by atoms with Gasteiger partial charge < -0.3 is 15.2 Å². The molecule has 0 aliphatic rings. The van der Waals surface area contributed by atoms with Gasteiger partial charge in [0.05, 0.1) is 0 Å². The van der Waals surface area contributed by atoms with E-state index in [1.807, 2.05) is 30.3 Å². The van der Waals surface area contributed by atoms with Gasteiger partial charge in [0, 0.05) is 5.92 Å². The smallest absolute Gasteiger partial charge is 0.345 e. The van der Waals surface area contributed by atoms with Gasteiger partial charge in [0.15, 0.2) is 0 Å². The summed E-state index contributed by atoms with van der Waals surface area (Å²) in [7, 11) is 1.65. The highest BCUT2D eigenvalue weighted by Gasteiger charge is 2.29. The van der Waals surface area contributed by atoms with Crippen LogP contribution in [-0.2, 0) is 20.7 Å². The molecule has 2 atom stereocenters. The molecule has 0 aliphatic heterocycles. The standard InChI is InChI=1S/C15H21NO4/c1-10(2)13(14(17)18)20-15(19)12(16-3)9-11-7-5-4-6-8-11/h4-8,10,12-13,16H,9H2,1-3H3,(H,17,18)/t12-,13+/m0/s1. The van der Waals surface area contributed by atoms with Crippen molar-refractivity contribution in [3.63, 3.8) is 0 Å². The molecular formula is C15H21NO4. The summed E-state index contributed by atoms with van der Waals surface area (Å²) < 4.78 is 5.10. The quantitative estimate of drug-likeness (QED) is 0.739. The summed E-state index contributed by atoms with van der Waals surface area (Å²) in [6.45, 7) is 3.41. The number of carbonyl (C=O) groups is 2. The number of likely N-dealkylation sites (N-methyl/N-ethyl adjacent to an activating group) is 1. The Morgan fingerprint density at radius 3 is 2.30 bits per heavy atom. The highest BCUT2D eigenvalue weighted by atomic mass is 16.6. The highest BCUT2D eigenvalue weighted by Crippen LogP contribution is 2.10. The minimum atomic E-state index is -1.12. The molecule has 1 rings (SSSR count). The minimum Gasteiger partial charge on any atom is -0.478 e. The largest absolute Gasteiger partial charge is 0.478 e. The van der Waals surface area contributed by atoms with E-state index in [1.165, 1.54) is 0 Å². The van der Waals surface area contributed by atoms with Crippen molar-refractivity contribution in [2.24, 2.45) is 5.92 Å². The van der Waals surface area contributed by atoms with Crippen molar-refractivity contribution in [3.05, 3.63) is 35.9 Å². The Bertz CT molecular complexity index is 444. The number of rotatable bonds is 7. The zero-order valence-corrected chi connectivity index (χ0v) is 12.0. The van der Waals surface area contributed by atoms with Gasteiger partial charge >= 0.3 is 11.9 Å². The summed E-state index contributed by atoms with van der Waals surface area (Å²) in [4.78, 5) is 23.1. The highest BCUT2D eigenvalue weighted by molar-refractivity contribution is 5.81. The zero-order chi connectivity index (χ0) is 15.1. The molecule has 110 valence electrons. The maximum absolute atomic E-state index is 12.0. The Balaban J connectivity index is 2.69. The fourth-order valence-electron chi connectivity index (χ4n) is 1.83. The van der Waals surface area contributed by atoms with Crippen LogP contribution in [0.3, 0.4) is 0 Å². The lowest BCUT2D eigenvalue weighted by Crippen LogP contribution is -2.42. The number of ether oxygens (including phenoxy) is 1. The lowest BCUT2D eigenvalue weighted by Gasteiger charge is -2.21. The van der Waals surface area contributed by atoms with Crippen molar-refractivity contribution in [3.8, 4) is 0 Å². The molecule has 0 fully saturated rings. The van der Waals surface area contributed by atoms with Crippen LogP contribution in [0.25, 0.3) is 0 Å². The van der Waals surface area contributed by atoms with Crippen LogP contribution in [0.1, 0.15) is 19.4 Å². The second kappa shape index (κ2) is 7.65. The van der Waals surface area contributed by atoms with Gasteiger partial charge in [0.25, 0.3) is 0 Å². The number of carbonyl (C=O) groups excluding carboxylic acids is 1. The van der Waals surface area contributed by atoms with Gasteiger partial charge in [0.1, 0.15) is 6.04 Å². The van der Waals surface area contributed by atoms with Crippen LogP contribution in [-0.4, -0.2) is 36.2 Å². The molecule has 5 nitrogen and oxygen atoms in total. The third kappa shape index (κ3) is 4.66. The second-order valence-corrected chi connectivity index (χ2v) is 4.97. The number of nitrogens with one attached hydrogen (secondary N) is 1.